The SMILES string of the molecule is Cc1c(C(=O)C2CCOC2)cnn1C. The van der Waals surface area contributed by atoms with E-state index >= 15 is 0 Å². The number of hydrogen-bond acceptors (Lipinski definition) is 3. The van der Waals surface area contributed by atoms with Gasteiger partial charge in [0.1, 0.15) is 0 Å². The maximum atomic E-state index is 11.9. The van der Waals surface area contributed by atoms with E-state index in [1.165, 1.54) is 0 Å². The van der Waals surface area contributed by atoms with E-state index in [1.807, 2.05) is 14.0 Å². The molecule has 2 rings (SSSR count). The average molecular weight is 194 g/mol. The highest BCUT2D eigenvalue weighted by molar-refractivity contribution is 5.98. The van der Waals surface area contributed by atoms with Crippen molar-refractivity contribution < 1.29 is 9.53 Å². The molecule has 0 amide bonds. The van der Waals surface area contributed by atoms with Crippen LogP contribution in [0.5, 0.6) is 0 Å². The molecule has 1 saturated heterocycles. The molecule has 14 heavy (non-hydrogen) atoms. The Bertz CT molecular complexity index is 351. The van der Waals surface area contributed by atoms with Crippen LogP contribution in [0.1, 0.15) is 22.5 Å². The number of hydrogen-bond donors (Lipinski definition) is 0. The van der Waals surface area contributed by atoms with Gasteiger partial charge >= 0.3 is 0 Å². The lowest BCUT2D eigenvalue weighted by Crippen LogP contribution is -2.15. The molecule has 0 bridgehead atoms. The van der Waals surface area contributed by atoms with Crippen LogP contribution in [-0.4, -0.2) is 28.8 Å². The fraction of sp³-hybridized carbons (Fsp3) is 0.600. The lowest BCUT2D eigenvalue weighted by atomic mass is 9.98. The van der Waals surface area contributed by atoms with Crippen LogP contribution in [0.15, 0.2) is 6.20 Å². The zero-order valence-electron chi connectivity index (χ0n) is 8.49. The molecular weight excluding hydrogens is 180 g/mol. The minimum Gasteiger partial charge on any atom is -0.381 e. The van der Waals surface area contributed by atoms with Gasteiger partial charge < -0.3 is 4.74 Å². The van der Waals surface area contributed by atoms with Gasteiger partial charge in [0.15, 0.2) is 5.78 Å². The van der Waals surface area contributed by atoms with E-state index in [-0.39, 0.29) is 11.7 Å². The lowest BCUT2D eigenvalue weighted by molar-refractivity contribution is 0.0899. The molecule has 2 heterocycles. The van der Waals surface area contributed by atoms with Crippen LogP contribution in [-0.2, 0) is 11.8 Å². The van der Waals surface area contributed by atoms with Crippen molar-refractivity contribution >= 4 is 5.78 Å². The zero-order chi connectivity index (χ0) is 10.1. The molecule has 1 aliphatic heterocycles. The quantitative estimate of drug-likeness (QED) is 0.658. The van der Waals surface area contributed by atoms with E-state index in [1.54, 1.807) is 10.9 Å². The largest absolute Gasteiger partial charge is 0.381 e. The highest BCUT2D eigenvalue weighted by Gasteiger charge is 2.26. The molecule has 0 saturated carbocycles. The summed E-state index contributed by atoms with van der Waals surface area (Å²) >= 11 is 0. The zero-order valence-corrected chi connectivity index (χ0v) is 8.49. The summed E-state index contributed by atoms with van der Waals surface area (Å²) in [5, 5.41) is 4.06. The lowest BCUT2D eigenvalue weighted by Gasteiger charge is -2.05. The van der Waals surface area contributed by atoms with Crippen LogP contribution >= 0.6 is 0 Å². The maximum Gasteiger partial charge on any atom is 0.171 e. The number of ether oxygens (including phenoxy) is 1. The second-order valence-corrected chi connectivity index (χ2v) is 3.69. The molecule has 0 radical (unpaired) electrons. The number of aryl methyl sites for hydroxylation is 1. The first-order valence-corrected chi connectivity index (χ1v) is 4.80. The van der Waals surface area contributed by atoms with Crippen LogP contribution in [0.25, 0.3) is 0 Å². The van der Waals surface area contributed by atoms with Crippen LogP contribution < -0.4 is 0 Å². The van der Waals surface area contributed by atoms with Gasteiger partial charge in [-0.05, 0) is 13.3 Å². The number of rotatable bonds is 2. The molecule has 1 unspecified atom stereocenters. The molecule has 1 fully saturated rings. The molecule has 4 heteroatoms. The molecule has 76 valence electrons. The van der Waals surface area contributed by atoms with Gasteiger partial charge in [-0.3, -0.25) is 9.48 Å². The predicted octanol–water partition coefficient (Wildman–Crippen LogP) is 0.948. The summed E-state index contributed by atoms with van der Waals surface area (Å²) in [4.78, 5) is 11.9. The van der Waals surface area contributed by atoms with Crippen LogP contribution in [0.2, 0.25) is 0 Å². The predicted molar refractivity (Wildman–Crippen MR) is 51.2 cm³/mol. The third-order valence-corrected chi connectivity index (χ3v) is 2.80. The van der Waals surface area contributed by atoms with Crippen molar-refractivity contribution in [3.8, 4) is 0 Å². The van der Waals surface area contributed by atoms with Crippen LogP contribution in [0.4, 0.5) is 0 Å². The molecule has 0 aliphatic carbocycles. The molecule has 1 aromatic heterocycles. The number of ketones is 1. The smallest absolute Gasteiger partial charge is 0.171 e. The van der Waals surface area contributed by atoms with Crippen molar-refractivity contribution in [3.63, 3.8) is 0 Å². The van der Waals surface area contributed by atoms with E-state index < -0.39 is 0 Å². The standard InChI is InChI=1S/C10H14N2O2/c1-7-9(5-11-12(7)2)10(13)8-3-4-14-6-8/h5,8H,3-4,6H2,1-2H3. The number of carbonyl (C=O) groups excluding carboxylic acids is 1. The molecule has 0 spiro atoms. The van der Waals surface area contributed by atoms with Gasteiger partial charge in [-0.25, -0.2) is 0 Å². The van der Waals surface area contributed by atoms with Gasteiger partial charge in [-0.15, -0.1) is 0 Å². The number of Topliss-reactive ketones (excluding diaryl/α,β-unsaturated/α-hetero) is 1. The molecule has 4 nitrogen and oxygen atoms in total. The summed E-state index contributed by atoms with van der Waals surface area (Å²) in [6, 6.07) is 0. The topological polar surface area (TPSA) is 44.1 Å². The highest BCUT2D eigenvalue weighted by Crippen LogP contribution is 2.19. The van der Waals surface area contributed by atoms with Crippen molar-refractivity contribution in [2.45, 2.75) is 13.3 Å². The molecule has 1 atom stereocenters. The van der Waals surface area contributed by atoms with Crippen molar-refractivity contribution in [3.05, 3.63) is 17.5 Å². The van der Waals surface area contributed by atoms with Crippen LogP contribution in [0, 0.1) is 12.8 Å². The first-order valence-electron chi connectivity index (χ1n) is 4.80. The monoisotopic (exact) mass is 194 g/mol. The third-order valence-electron chi connectivity index (χ3n) is 2.80. The Morgan fingerprint density at radius 3 is 3.00 bits per heavy atom. The Hall–Kier alpha value is -1.16. The minimum absolute atomic E-state index is 0.0397. The van der Waals surface area contributed by atoms with Crippen molar-refractivity contribution in [2.75, 3.05) is 13.2 Å². The fourth-order valence-electron chi connectivity index (χ4n) is 1.70. The maximum absolute atomic E-state index is 11.9. The number of nitrogens with zero attached hydrogens (tertiary/aromatic N) is 2. The highest BCUT2D eigenvalue weighted by atomic mass is 16.5. The Balaban J connectivity index is 2.22. The minimum atomic E-state index is 0.0397. The molecule has 0 aromatic carbocycles. The van der Waals surface area contributed by atoms with E-state index in [2.05, 4.69) is 5.10 Å². The second-order valence-electron chi connectivity index (χ2n) is 3.69. The van der Waals surface area contributed by atoms with E-state index in [0.29, 0.717) is 13.2 Å². The summed E-state index contributed by atoms with van der Waals surface area (Å²) in [6.07, 6.45) is 2.49. The van der Waals surface area contributed by atoms with Gasteiger partial charge in [0.2, 0.25) is 0 Å². The van der Waals surface area contributed by atoms with Crippen molar-refractivity contribution in [2.24, 2.45) is 13.0 Å². The molecular formula is C10H14N2O2. The summed E-state index contributed by atoms with van der Waals surface area (Å²) in [6.45, 7) is 3.18. The van der Waals surface area contributed by atoms with Gasteiger partial charge in [-0.2, -0.15) is 5.10 Å². The molecule has 1 aliphatic rings. The Morgan fingerprint density at radius 2 is 2.50 bits per heavy atom. The normalized spacial score (nSPS) is 21.4. The fourth-order valence-corrected chi connectivity index (χ4v) is 1.70. The summed E-state index contributed by atoms with van der Waals surface area (Å²) in [7, 11) is 1.84. The van der Waals surface area contributed by atoms with E-state index in [4.69, 9.17) is 4.74 Å². The van der Waals surface area contributed by atoms with E-state index in [9.17, 15) is 4.79 Å². The Labute approximate surface area is 82.9 Å². The summed E-state index contributed by atoms with van der Waals surface area (Å²) < 4.78 is 6.92. The average Bonchev–Trinajstić information content (AvgIpc) is 2.77. The Morgan fingerprint density at radius 1 is 1.71 bits per heavy atom. The summed E-state index contributed by atoms with van der Waals surface area (Å²) in [5.74, 6) is 0.214. The first kappa shape index (κ1) is 9.40. The molecule has 1 aromatic rings. The van der Waals surface area contributed by atoms with E-state index in [0.717, 1.165) is 17.7 Å². The van der Waals surface area contributed by atoms with Gasteiger partial charge in [0, 0.05) is 25.3 Å². The van der Waals surface area contributed by atoms with Gasteiger partial charge in [-0.1, -0.05) is 0 Å². The second kappa shape index (κ2) is 3.53. The molecule has 0 N–H and O–H groups in total. The van der Waals surface area contributed by atoms with Crippen LogP contribution in [0.3, 0.4) is 0 Å². The Kier molecular flexibility index (Phi) is 2.37. The summed E-state index contributed by atoms with van der Waals surface area (Å²) in [5.41, 5.74) is 1.67. The first-order chi connectivity index (χ1) is 6.70. The van der Waals surface area contributed by atoms with Gasteiger partial charge in [0.25, 0.3) is 0 Å². The van der Waals surface area contributed by atoms with Crippen molar-refractivity contribution in [1.29, 1.82) is 0 Å². The van der Waals surface area contributed by atoms with Gasteiger partial charge in [0.05, 0.1) is 18.4 Å². The number of aromatic nitrogens is 2. The van der Waals surface area contributed by atoms with Crippen molar-refractivity contribution in [1.82, 2.24) is 9.78 Å². The number of carbonyl (C=O) groups is 1. The third kappa shape index (κ3) is 1.46.